The molecule has 0 heterocycles. The van der Waals surface area contributed by atoms with Crippen molar-refractivity contribution in [1.82, 2.24) is 0 Å². The lowest BCUT2D eigenvalue weighted by Crippen LogP contribution is -2.17. The number of para-hydroxylation sites is 1. The number of anilines is 3. The second kappa shape index (κ2) is 14.7. The van der Waals surface area contributed by atoms with Gasteiger partial charge < -0.3 is 4.90 Å². The molecule has 0 N–H and O–H groups in total. The van der Waals surface area contributed by atoms with E-state index in [4.69, 9.17) is 0 Å². The van der Waals surface area contributed by atoms with Gasteiger partial charge in [0.1, 0.15) is 0 Å². The first-order valence-corrected chi connectivity index (χ1v) is 20.2. The molecule has 10 rings (SSSR count). The normalized spacial score (nSPS) is 12.4. The summed E-state index contributed by atoms with van der Waals surface area (Å²) < 4.78 is 0. The standard InChI is InChI=1S/C57H43N/c1-57(2)54-30-15-13-28-51(54)52-37-36-46(39-55(52)57)58(45-34-32-41(33-35-45)44-23-17-22-43(38-44)40-18-5-3-6-19-40)56-31-16-14-29-53(56)50-27-12-11-26-49(50)48-25-10-9-24-47(48)42-20-7-4-8-21-42/h3-39H,1-2H3. The minimum Gasteiger partial charge on any atom is -0.310 e. The van der Waals surface area contributed by atoms with Crippen molar-refractivity contribution < 1.29 is 0 Å². The number of nitrogens with zero attached hydrogens (tertiary/aromatic N) is 1. The molecule has 1 aliphatic carbocycles. The molecule has 0 amide bonds. The first-order valence-electron chi connectivity index (χ1n) is 20.2. The van der Waals surface area contributed by atoms with Crippen LogP contribution in [0.15, 0.2) is 224 Å². The van der Waals surface area contributed by atoms with Gasteiger partial charge in [-0.15, -0.1) is 0 Å². The summed E-state index contributed by atoms with van der Waals surface area (Å²) in [6.07, 6.45) is 0. The van der Waals surface area contributed by atoms with Gasteiger partial charge in [-0.1, -0.05) is 202 Å². The van der Waals surface area contributed by atoms with Crippen LogP contribution in [0, 0.1) is 0 Å². The van der Waals surface area contributed by atoms with Gasteiger partial charge in [-0.05, 0) is 109 Å². The van der Waals surface area contributed by atoms with E-state index in [9.17, 15) is 0 Å². The number of hydrogen-bond acceptors (Lipinski definition) is 1. The van der Waals surface area contributed by atoms with E-state index in [2.05, 4.69) is 243 Å². The van der Waals surface area contributed by atoms with Gasteiger partial charge >= 0.3 is 0 Å². The zero-order valence-electron chi connectivity index (χ0n) is 32.8. The topological polar surface area (TPSA) is 3.24 Å². The van der Waals surface area contributed by atoms with Gasteiger partial charge in [0.15, 0.2) is 0 Å². The minimum atomic E-state index is -0.130. The summed E-state index contributed by atoms with van der Waals surface area (Å²) in [5.41, 5.74) is 20.6. The van der Waals surface area contributed by atoms with Crippen molar-refractivity contribution in [2.24, 2.45) is 0 Å². The molecule has 0 bridgehead atoms. The van der Waals surface area contributed by atoms with Crippen LogP contribution in [0.3, 0.4) is 0 Å². The quantitative estimate of drug-likeness (QED) is 0.150. The predicted molar refractivity (Wildman–Crippen MR) is 246 cm³/mol. The van der Waals surface area contributed by atoms with Crippen LogP contribution in [0.25, 0.3) is 66.8 Å². The van der Waals surface area contributed by atoms with Gasteiger partial charge in [0.25, 0.3) is 0 Å². The molecule has 1 nitrogen and oxygen atoms in total. The Labute approximate surface area is 342 Å². The van der Waals surface area contributed by atoms with E-state index >= 15 is 0 Å². The van der Waals surface area contributed by atoms with Crippen LogP contribution in [0.5, 0.6) is 0 Å². The predicted octanol–water partition coefficient (Wildman–Crippen LogP) is 15.8. The van der Waals surface area contributed by atoms with Crippen molar-refractivity contribution in [2.75, 3.05) is 4.90 Å². The summed E-state index contributed by atoms with van der Waals surface area (Å²) in [6.45, 7) is 4.72. The highest BCUT2D eigenvalue weighted by Gasteiger charge is 2.36. The van der Waals surface area contributed by atoms with Crippen LogP contribution in [-0.2, 0) is 5.41 Å². The molecule has 1 heteroatoms. The lowest BCUT2D eigenvalue weighted by Gasteiger charge is -2.30. The number of rotatable bonds is 8. The lowest BCUT2D eigenvalue weighted by atomic mass is 9.82. The number of fused-ring (bicyclic) bond motifs is 3. The van der Waals surface area contributed by atoms with Crippen molar-refractivity contribution in [3.63, 3.8) is 0 Å². The van der Waals surface area contributed by atoms with Crippen LogP contribution in [0.2, 0.25) is 0 Å². The minimum absolute atomic E-state index is 0.130. The molecule has 0 aromatic heterocycles. The van der Waals surface area contributed by atoms with Crippen molar-refractivity contribution in [3.05, 3.63) is 236 Å². The molecular weight excluding hydrogens is 699 g/mol. The zero-order chi connectivity index (χ0) is 39.1. The van der Waals surface area contributed by atoms with Crippen LogP contribution in [0.4, 0.5) is 17.1 Å². The van der Waals surface area contributed by atoms with Gasteiger partial charge in [0.2, 0.25) is 0 Å². The summed E-state index contributed by atoms with van der Waals surface area (Å²) in [5.74, 6) is 0. The van der Waals surface area contributed by atoms with E-state index in [-0.39, 0.29) is 5.41 Å². The summed E-state index contributed by atoms with van der Waals surface area (Å²) >= 11 is 0. The van der Waals surface area contributed by atoms with E-state index < -0.39 is 0 Å². The summed E-state index contributed by atoms with van der Waals surface area (Å²) in [5, 5.41) is 0. The molecular formula is C57H43N. The molecule has 0 atom stereocenters. The highest BCUT2D eigenvalue weighted by Crippen LogP contribution is 2.52. The number of hydrogen-bond donors (Lipinski definition) is 0. The van der Waals surface area contributed by atoms with E-state index in [0.29, 0.717) is 0 Å². The van der Waals surface area contributed by atoms with E-state index in [0.717, 1.165) is 17.1 Å². The second-order valence-electron chi connectivity index (χ2n) is 15.7. The van der Waals surface area contributed by atoms with Crippen LogP contribution in [0.1, 0.15) is 25.0 Å². The van der Waals surface area contributed by atoms with Gasteiger partial charge in [0, 0.05) is 22.4 Å². The van der Waals surface area contributed by atoms with Crippen LogP contribution >= 0.6 is 0 Å². The largest absolute Gasteiger partial charge is 0.310 e. The lowest BCUT2D eigenvalue weighted by molar-refractivity contribution is 0.660. The average molecular weight is 742 g/mol. The molecule has 0 aliphatic heterocycles. The highest BCUT2D eigenvalue weighted by molar-refractivity contribution is 5.97. The fraction of sp³-hybridized carbons (Fsp3) is 0.0526. The summed E-state index contributed by atoms with van der Waals surface area (Å²) in [4.78, 5) is 2.46. The Morgan fingerprint density at radius 3 is 1.40 bits per heavy atom. The maximum atomic E-state index is 2.46. The van der Waals surface area contributed by atoms with Crippen LogP contribution < -0.4 is 4.90 Å². The third-order valence-electron chi connectivity index (χ3n) is 11.9. The zero-order valence-corrected chi connectivity index (χ0v) is 32.8. The Kier molecular flexibility index (Phi) is 8.92. The smallest absolute Gasteiger partial charge is 0.0540 e. The fourth-order valence-corrected chi connectivity index (χ4v) is 9.01. The van der Waals surface area contributed by atoms with Gasteiger partial charge in [0.05, 0.1) is 5.69 Å². The molecule has 0 saturated heterocycles. The SMILES string of the molecule is CC1(C)c2ccccc2-c2ccc(N(c3ccc(-c4cccc(-c5ccccc5)c4)cc3)c3ccccc3-c3ccccc3-c3ccccc3-c3ccccc3)cc21. The molecule has 0 spiro atoms. The molecule has 0 unspecified atom stereocenters. The Bertz CT molecular complexity index is 2900. The molecule has 0 radical (unpaired) electrons. The van der Waals surface area contributed by atoms with Crippen molar-refractivity contribution in [1.29, 1.82) is 0 Å². The van der Waals surface area contributed by atoms with Gasteiger partial charge in [-0.2, -0.15) is 0 Å². The Morgan fingerprint density at radius 2 is 0.724 bits per heavy atom. The molecule has 0 saturated carbocycles. The maximum absolute atomic E-state index is 2.46. The molecule has 276 valence electrons. The third-order valence-corrected chi connectivity index (χ3v) is 11.9. The molecule has 9 aromatic rings. The van der Waals surface area contributed by atoms with E-state index in [1.165, 1.54) is 77.9 Å². The Balaban J connectivity index is 1.14. The van der Waals surface area contributed by atoms with Gasteiger partial charge in [-0.3, -0.25) is 0 Å². The summed E-state index contributed by atoms with van der Waals surface area (Å²) in [7, 11) is 0. The third kappa shape index (κ3) is 6.22. The fourth-order valence-electron chi connectivity index (χ4n) is 9.01. The first kappa shape index (κ1) is 35.2. The highest BCUT2D eigenvalue weighted by atomic mass is 15.1. The Morgan fingerprint density at radius 1 is 0.276 bits per heavy atom. The van der Waals surface area contributed by atoms with Crippen LogP contribution in [-0.4, -0.2) is 0 Å². The average Bonchev–Trinajstić information content (AvgIpc) is 3.53. The van der Waals surface area contributed by atoms with Crippen molar-refractivity contribution >= 4 is 17.1 Å². The molecule has 9 aromatic carbocycles. The van der Waals surface area contributed by atoms with E-state index in [1.807, 2.05) is 0 Å². The van der Waals surface area contributed by atoms with Gasteiger partial charge in [-0.25, -0.2) is 0 Å². The maximum Gasteiger partial charge on any atom is 0.0540 e. The first-order chi connectivity index (χ1) is 28.5. The second-order valence-corrected chi connectivity index (χ2v) is 15.7. The van der Waals surface area contributed by atoms with Crippen molar-refractivity contribution in [2.45, 2.75) is 19.3 Å². The molecule has 58 heavy (non-hydrogen) atoms. The monoisotopic (exact) mass is 741 g/mol. The summed E-state index contributed by atoms with van der Waals surface area (Å²) in [6, 6.07) is 81.8. The number of benzene rings is 9. The van der Waals surface area contributed by atoms with Crippen molar-refractivity contribution in [3.8, 4) is 66.8 Å². The molecule has 1 aliphatic rings. The van der Waals surface area contributed by atoms with E-state index in [1.54, 1.807) is 0 Å². The molecule has 0 fully saturated rings. The Hall–Kier alpha value is -7.22.